The van der Waals surface area contributed by atoms with E-state index in [0.29, 0.717) is 22.4 Å². The van der Waals surface area contributed by atoms with Gasteiger partial charge in [-0.25, -0.2) is 4.98 Å². The van der Waals surface area contributed by atoms with Crippen molar-refractivity contribution in [3.8, 4) is 17.2 Å². The molecule has 0 spiro atoms. The van der Waals surface area contributed by atoms with Gasteiger partial charge in [0.05, 0.1) is 12.7 Å². The van der Waals surface area contributed by atoms with Crippen LogP contribution in [0, 0.1) is 6.92 Å². The molecule has 4 nitrogen and oxygen atoms in total. The van der Waals surface area contributed by atoms with Gasteiger partial charge in [-0.2, -0.15) is 0 Å². The lowest BCUT2D eigenvalue weighted by Gasteiger charge is -2.05. The lowest BCUT2D eigenvalue weighted by atomic mass is 10.2. The molecule has 3 rings (SSSR count). The van der Waals surface area contributed by atoms with E-state index in [1.54, 1.807) is 25.3 Å². The number of benzene rings is 2. The van der Waals surface area contributed by atoms with Gasteiger partial charge in [0.25, 0.3) is 0 Å². The Kier molecular flexibility index (Phi) is 3.03. The summed E-state index contributed by atoms with van der Waals surface area (Å²) in [7, 11) is 1.59. The summed E-state index contributed by atoms with van der Waals surface area (Å²) in [5, 5.41) is 0.638. The summed E-state index contributed by atoms with van der Waals surface area (Å²) in [5.41, 5.74) is 9.53. The van der Waals surface area contributed by atoms with E-state index in [4.69, 9.17) is 26.5 Å². The minimum absolute atomic E-state index is 0.488. The number of fused-ring (bicyclic) bond motifs is 1. The van der Waals surface area contributed by atoms with E-state index >= 15 is 0 Å². The predicted octanol–water partition coefficient (Wildman–Crippen LogP) is 4.05. The molecule has 0 aliphatic carbocycles. The van der Waals surface area contributed by atoms with Gasteiger partial charge in [0.15, 0.2) is 5.58 Å². The van der Waals surface area contributed by atoms with Gasteiger partial charge in [-0.3, -0.25) is 0 Å². The molecule has 102 valence electrons. The molecule has 0 amide bonds. The van der Waals surface area contributed by atoms with Gasteiger partial charge in [0, 0.05) is 16.8 Å². The highest BCUT2D eigenvalue weighted by Gasteiger charge is 2.15. The highest BCUT2D eigenvalue weighted by atomic mass is 35.5. The summed E-state index contributed by atoms with van der Waals surface area (Å²) >= 11 is 6.04. The Bertz CT molecular complexity index is 796. The first-order valence-corrected chi connectivity index (χ1v) is 6.47. The second-order valence-electron chi connectivity index (χ2n) is 4.55. The molecule has 2 aromatic carbocycles. The standard InChI is InChI=1S/C15H13ClN2O2/c1-8-5-9(16)6-12-14(8)20-15(18-12)11-4-3-10(17)7-13(11)19-2/h3-7H,17H2,1-2H3. The number of nitrogens with zero attached hydrogens (tertiary/aromatic N) is 1. The largest absolute Gasteiger partial charge is 0.496 e. The third-order valence-corrected chi connectivity index (χ3v) is 3.31. The van der Waals surface area contributed by atoms with Crippen LogP contribution in [0.15, 0.2) is 34.7 Å². The Morgan fingerprint density at radius 3 is 2.80 bits per heavy atom. The van der Waals surface area contributed by atoms with Gasteiger partial charge in [0.2, 0.25) is 5.89 Å². The first-order valence-electron chi connectivity index (χ1n) is 6.09. The zero-order valence-electron chi connectivity index (χ0n) is 11.1. The number of anilines is 1. The number of methoxy groups -OCH3 is 1. The van der Waals surface area contributed by atoms with Crippen molar-refractivity contribution in [2.75, 3.05) is 12.8 Å². The molecule has 0 aliphatic rings. The smallest absolute Gasteiger partial charge is 0.231 e. The maximum atomic E-state index is 6.04. The maximum Gasteiger partial charge on any atom is 0.231 e. The fraction of sp³-hybridized carbons (Fsp3) is 0.133. The molecule has 5 heteroatoms. The molecule has 0 fully saturated rings. The van der Waals surface area contributed by atoms with Crippen molar-refractivity contribution >= 4 is 28.4 Å². The Hall–Kier alpha value is -2.20. The van der Waals surface area contributed by atoms with Gasteiger partial charge in [-0.15, -0.1) is 0 Å². The summed E-state index contributed by atoms with van der Waals surface area (Å²) in [6.45, 7) is 1.93. The molecule has 20 heavy (non-hydrogen) atoms. The van der Waals surface area contributed by atoms with Crippen molar-refractivity contribution in [1.29, 1.82) is 0 Å². The van der Waals surface area contributed by atoms with E-state index in [1.165, 1.54) is 0 Å². The number of nitrogens with two attached hydrogens (primary N) is 1. The topological polar surface area (TPSA) is 61.3 Å². The van der Waals surface area contributed by atoms with Crippen LogP contribution >= 0.6 is 11.6 Å². The molecule has 0 unspecified atom stereocenters. The zero-order chi connectivity index (χ0) is 14.3. The second kappa shape index (κ2) is 4.72. The van der Waals surface area contributed by atoms with E-state index in [1.807, 2.05) is 19.1 Å². The van der Waals surface area contributed by atoms with Crippen LogP contribution in [0.2, 0.25) is 5.02 Å². The fourth-order valence-electron chi connectivity index (χ4n) is 2.16. The minimum atomic E-state index is 0.488. The molecule has 0 saturated heterocycles. The quantitative estimate of drug-likeness (QED) is 0.723. The number of halogens is 1. The molecule has 0 atom stereocenters. The molecular formula is C15H13ClN2O2. The molecule has 0 radical (unpaired) electrons. The lowest BCUT2D eigenvalue weighted by Crippen LogP contribution is -1.91. The van der Waals surface area contributed by atoms with Crippen molar-refractivity contribution in [2.24, 2.45) is 0 Å². The molecule has 0 bridgehead atoms. The summed E-state index contributed by atoms with van der Waals surface area (Å²) in [5.74, 6) is 1.11. The van der Waals surface area contributed by atoms with Crippen LogP contribution in [-0.2, 0) is 0 Å². The van der Waals surface area contributed by atoms with Gasteiger partial charge in [-0.05, 0) is 36.8 Å². The Labute approximate surface area is 121 Å². The first kappa shape index (κ1) is 12.8. The Balaban J connectivity index is 2.22. The number of hydrogen-bond acceptors (Lipinski definition) is 4. The van der Waals surface area contributed by atoms with Crippen LogP contribution in [0.5, 0.6) is 5.75 Å². The van der Waals surface area contributed by atoms with Crippen molar-refractivity contribution in [1.82, 2.24) is 4.98 Å². The first-order chi connectivity index (χ1) is 9.58. The van der Waals surface area contributed by atoms with Crippen molar-refractivity contribution < 1.29 is 9.15 Å². The van der Waals surface area contributed by atoms with Crippen LogP contribution < -0.4 is 10.5 Å². The number of oxazole rings is 1. The molecule has 0 aliphatic heterocycles. The maximum absolute atomic E-state index is 6.04. The SMILES string of the molecule is COc1cc(N)ccc1-c1nc2cc(Cl)cc(C)c2o1. The number of aromatic nitrogens is 1. The number of nitrogen functional groups attached to an aromatic ring is 1. The third kappa shape index (κ3) is 2.08. The summed E-state index contributed by atoms with van der Waals surface area (Å²) in [6, 6.07) is 8.98. The minimum Gasteiger partial charge on any atom is -0.496 e. The van der Waals surface area contributed by atoms with Crippen LogP contribution in [0.3, 0.4) is 0 Å². The third-order valence-electron chi connectivity index (χ3n) is 3.10. The summed E-state index contributed by atoms with van der Waals surface area (Å²) in [6.07, 6.45) is 0. The average Bonchev–Trinajstić information content (AvgIpc) is 2.82. The van der Waals surface area contributed by atoms with E-state index in [-0.39, 0.29) is 0 Å². The average molecular weight is 289 g/mol. The van der Waals surface area contributed by atoms with Gasteiger partial charge >= 0.3 is 0 Å². The fourth-order valence-corrected chi connectivity index (χ4v) is 2.42. The van der Waals surface area contributed by atoms with E-state index in [0.717, 1.165) is 22.2 Å². The van der Waals surface area contributed by atoms with Gasteiger partial charge in [0.1, 0.15) is 11.3 Å². The van der Waals surface area contributed by atoms with Crippen molar-refractivity contribution in [2.45, 2.75) is 6.92 Å². The Morgan fingerprint density at radius 2 is 2.05 bits per heavy atom. The lowest BCUT2D eigenvalue weighted by molar-refractivity contribution is 0.415. The highest BCUT2D eigenvalue weighted by molar-refractivity contribution is 6.31. The van der Waals surface area contributed by atoms with Crippen LogP contribution in [-0.4, -0.2) is 12.1 Å². The van der Waals surface area contributed by atoms with E-state index in [2.05, 4.69) is 4.98 Å². The molecule has 1 heterocycles. The predicted molar refractivity (Wildman–Crippen MR) is 80.2 cm³/mol. The van der Waals surface area contributed by atoms with Gasteiger partial charge in [-0.1, -0.05) is 11.6 Å². The van der Waals surface area contributed by atoms with Crippen LogP contribution in [0.4, 0.5) is 5.69 Å². The molecular weight excluding hydrogens is 276 g/mol. The number of ether oxygens (including phenoxy) is 1. The van der Waals surface area contributed by atoms with E-state index in [9.17, 15) is 0 Å². The van der Waals surface area contributed by atoms with Crippen LogP contribution in [0.25, 0.3) is 22.6 Å². The zero-order valence-corrected chi connectivity index (χ0v) is 11.9. The second-order valence-corrected chi connectivity index (χ2v) is 4.99. The molecule has 3 aromatic rings. The highest BCUT2D eigenvalue weighted by Crippen LogP contribution is 2.34. The number of hydrogen-bond donors (Lipinski definition) is 1. The van der Waals surface area contributed by atoms with Gasteiger partial charge < -0.3 is 14.9 Å². The summed E-state index contributed by atoms with van der Waals surface area (Å²) in [4.78, 5) is 4.47. The summed E-state index contributed by atoms with van der Waals surface area (Å²) < 4.78 is 11.2. The van der Waals surface area contributed by atoms with Crippen molar-refractivity contribution in [3.63, 3.8) is 0 Å². The normalized spacial score (nSPS) is 10.9. The molecule has 0 saturated carbocycles. The number of rotatable bonds is 2. The van der Waals surface area contributed by atoms with Crippen LogP contribution in [0.1, 0.15) is 5.56 Å². The van der Waals surface area contributed by atoms with E-state index < -0.39 is 0 Å². The monoisotopic (exact) mass is 288 g/mol. The molecule has 2 N–H and O–H groups in total. The van der Waals surface area contributed by atoms with Crippen molar-refractivity contribution in [3.05, 3.63) is 40.9 Å². The Morgan fingerprint density at radius 1 is 1.25 bits per heavy atom. The number of aryl methyl sites for hydroxylation is 1. The molecule has 1 aromatic heterocycles.